The molecule has 2 heterocycles. The van der Waals surface area contributed by atoms with Gasteiger partial charge in [0.1, 0.15) is 5.82 Å². The zero-order valence-electron chi connectivity index (χ0n) is 5.81. The second kappa shape index (κ2) is 1.87. The van der Waals surface area contributed by atoms with Gasteiger partial charge < -0.3 is 10.3 Å². The third kappa shape index (κ3) is 0.708. The smallest absolute Gasteiger partial charge is 0.104 e. The highest BCUT2D eigenvalue weighted by molar-refractivity contribution is 5.33. The van der Waals surface area contributed by atoms with Crippen molar-refractivity contribution < 1.29 is 0 Å². The topological polar surface area (TPSA) is 40.7 Å². The van der Waals surface area contributed by atoms with E-state index >= 15 is 0 Å². The Balaban J connectivity index is 2.83. The number of aromatic amines is 1. The quantitative estimate of drug-likeness (QED) is 0.471. The normalized spacial score (nSPS) is 14.5. The number of aryl methyl sites for hydroxylation is 1. The predicted octanol–water partition coefficient (Wildman–Crippen LogP) is -1.16. The molecular formula is C7H9N3. The van der Waals surface area contributed by atoms with Crippen molar-refractivity contribution in [2.45, 2.75) is 6.92 Å². The molecule has 2 rings (SSSR count). The molecule has 0 radical (unpaired) electrons. The first kappa shape index (κ1) is 5.53. The van der Waals surface area contributed by atoms with Crippen LogP contribution in [0.1, 0.15) is 5.82 Å². The summed E-state index contributed by atoms with van der Waals surface area (Å²) in [6.07, 6.45) is 4.02. The van der Waals surface area contributed by atoms with E-state index in [0.29, 0.717) is 0 Å². The van der Waals surface area contributed by atoms with Crippen molar-refractivity contribution in [1.82, 2.24) is 15.3 Å². The Morgan fingerprint density at radius 3 is 3.30 bits per heavy atom. The van der Waals surface area contributed by atoms with Gasteiger partial charge in [-0.05, 0) is 13.0 Å². The summed E-state index contributed by atoms with van der Waals surface area (Å²) in [4.78, 5) is 7.40. The Morgan fingerprint density at radius 2 is 2.50 bits per heavy atom. The molecule has 0 unspecified atom stereocenters. The fourth-order valence-corrected chi connectivity index (χ4v) is 1.11. The standard InChI is InChI=1S/C7H9N3/c1-5-9-6-2-3-8-4-7(6)10-5/h2,4,8H,3H2,1H3,(H,9,10). The minimum atomic E-state index is 0.886. The molecule has 0 aliphatic carbocycles. The molecule has 3 heteroatoms. The number of fused-ring (bicyclic) bond motifs is 1. The van der Waals surface area contributed by atoms with E-state index in [1.807, 2.05) is 13.1 Å². The maximum atomic E-state index is 4.27. The van der Waals surface area contributed by atoms with Crippen LogP contribution in [0.25, 0.3) is 12.3 Å². The Bertz CT molecular complexity index is 314. The molecule has 0 amide bonds. The maximum absolute atomic E-state index is 4.27. The zero-order chi connectivity index (χ0) is 6.97. The molecule has 0 fully saturated rings. The summed E-state index contributed by atoms with van der Waals surface area (Å²) in [6, 6.07) is 0. The van der Waals surface area contributed by atoms with E-state index in [-0.39, 0.29) is 0 Å². The summed E-state index contributed by atoms with van der Waals surface area (Å²) in [5.74, 6) is 0.973. The van der Waals surface area contributed by atoms with Gasteiger partial charge in [-0.2, -0.15) is 0 Å². The monoisotopic (exact) mass is 135 g/mol. The van der Waals surface area contributed by atoms with Gasteiger partial charge in [0.25, 0.3) is 0 Å². The minimum absolute atomic E-state index is 0.886. The molecular weight excluding hydrogens is 126 g/mol. The van der Waals surface area contributed by atoms with Gasteiger partial charge in [-0.15, -0.1) is 0 Å². The first-order chi connectivity index (χ1) is 4.86. The Labute approximate surface area is 58.5 Å². The first-order valence-corrected chi connectivity index (χ1v) is 3.33. The molecule has 1 aliphatic heterocycles. The lowest BCUT2D eigenvalue weighted by Gasteiger charge is -1.95. The lowest BCUT2D eigenvalue weighted by atomic mass is 10.4. The summed E-state index contributed by atoms with van der Waals surface area (Å²) in [6.45, 7) is 2.84. The summed E-state index contributed by atoms with van der Waals surface area (Å²) < 4.78 is 0. The number of nitrogens with zero attached hydrogens (tertiary/aromatic N) is 1. The average molecular weight is 135 g/mol. The molecule has 0 atom stereocenters. The number of hydrogen-bond donors (Lipinski definition) is 2. The van der Waals surface area contributed by atoms with Gasteiger partial charge in [0, 0.05) is 12.7 Å². The van der Waals surface area contributed by atoms with Gasteiger partial charge in [-0.1, -0.05) is 0 Å². The van der Waals surface area contributed by atoms with Gasteiger partial charge in [-0.3, -0.25) is 0 Å². The van der Waals surface area contributed by atoms with E-state index in [9.17, 15) is 0 Å². The largest absolute Gasteiger partial charge is 0.386 e. The number of nitrogens with one attached hydrogen (secondary N) is 2. The van der Waals surface area contributed by atoms with Crippen LogP contribution in [0.2, 0.25) is 0 Å². The van der Waals surface area contributed by atoms with Gasteiger partial charge in [0.05, 0.1) is 10.7 Å². The third-order valence-corrected chi connectivity index (χ3v) is 1.54. The van der Waals surface area contributed by atoms with E-state index in [2.05, 4.69) is 21.4 Å². The average Bonchev–Trinajstić information content (AvgIpc) is 2.27. The second-order valence-corrected chi connectivity index (χ2v) is 2.38. The minimum Gasteiger partial charge on any atom is -0.386 e. The van der Waals surface area contributed by atoms with Crippen LogP contribution in [0.3, 0.4) is 0 Å². The highest BCUT2D eigenvalue weighted by Gasteiger charge is 1.94. The molecule has 0 saturated heterocycles. The predicted molar refractivity (Wildman–Crippen MR) is 39.5 cm³/mol. The molecule has 0 saturated carbocycles. The molecule has 0 aromatic carbocycles. The fourth-order valence-electron chi connectivity index (χ4n) is 1.11. The Kier molecular flexibility index (Phi) is 1.03. The Morgan fingerprint density at radius 1 is 1.60 bits per heavy atom. The van der Waals surface area contributed by atoms with Crippen molar-refractivity contribution in [2.24, 2.45) is 0 Å². The van der Waals surface area contributed by atoms with E-state index in [4.69, 9.17) is 0 Å². The van der Waals surface area contributed by atoms with Crippen LogP contribution >= 0.6 is 0 Å². The zero-order valence-corrected chi connectivity index (χ0v) is 5.81. The van der Waals surface area contributed by atoms with Crippen molar-refractivity contribution in [1.29, 1.82) is 0 Å². The van der Waals surface area contributed by atoms with E-state index < -0.39 is 0 Å². The molecule has 0 spiro atoms. The summed E-state index contributed by atoms with van der Waals surface area (Å²) in [5, 5.41) is 5.26. The molecule has 1 aliphatic rings. The summed E-state index contributed by atoms with van der Waals surface area (Å²) >= 11 is 0. The van der Waals surface area contributed by atoms with Crippen molar-refractivity contribution >= 4 is 12.3 Å². The molecule has 10 heavy (non-hydrogen) atoms. The van der Waals surface area contributed by atoms with Crippen molar-refractivity contribution in [3.63, 3.8) is 0 Å². The van der Waals surface area contributed by atoms with Crippen molar-refractivity contribution in [3.8, 4) is 0 Å². The molecule has 0 bridgehead atoms. The summed E-state index contributed by atoms with van der Waals surface area (Å²) in [7, 11) is 0. The number of rotatable bonds is 0. The highest BCUT2D eigenvalue weighted by atomic mass is 14.9. The Hall–Kier alpha value is -1.25. The van der Waals surface area contributed by atoms with Crippen LogP contribution < -0.4 is 16.0 Å². The molecule has 3 nitrogen and oxygen atoms in total. The van der Waals surface area contributed by atoms with E-state index in [1.54, 1.807) is 0 Å². The highest BCUT2D eigenvalue weighted by Crippen LogP contribution is 1.74. The lowest BCUT2D eigenvalue weighted by Crippen LogP contribution is -2.32. The van der Waals surface area contributed by atoms with E-state index in [0.717, 1.165) is 23.1 Å². The van der Waals surface area contributed by atoms with Crippen LogP contribution in [-0.2, 0) is 0 Å². The van der Waals surface area contributed by atoms with Gasteiger partial charge in [0.2, 0.25) is 0 Å². The first-order valence-electron chi connectivity index (χ1n) is 3.33. The number of imidazole rings is 1. The number of aromatic nitrogens is 2. The fraction of sp³-hybridized carbons (Fsp3) is 0.286. The van der Waals surface area contributed by atoms with Crippen LogP contribution in [0, 0.1) is 6.92 Å². The number of H-pyrrole nitrogens is 1. The van der Waals surface area contributed by atoms with E-state index in [1.165, 1.54) is 0 Å². The van der Waals surface area contributed by atoms with Crippen LogP contribution in [0.15, 0.2) is 0 Å². The molecule has 1 aromatic heterocycles. The van der Waals surface area contributed by atoms with Crippen LogP contribution in [-0.4, -0.2) is 16.5 Å². The SMILES string of the molecule is Cc1nc2c([nH]1)=CNCC=2. The van der Waals surface area contributed by atoms with Gasteiger partial charge >= 0.3 is 0 Å². The molecule has 52 valence electrons. The van der Waals surface area contributed by atoms with Gasteiger partial charge in [0.15, 0.2) is 0 Å². The van der Waals surface area contributed by atoms with Crippen LogP contribution in [0.4, 0.5) is 0 Å². The maximum Gasteiger partial charge on any atom is 0.104 e. The number of hydrogen-bond acceptors (Lipinski definition) is 2. The molecule has 2 N–H and O–H groups in total. The second-order valence-electron chi connectivity index (χ2n) is 2.38. The van der Waals surface area contributed by atoms with Crippen LogP contribution in [0.5, 0.6) is 0 Å². The molecule has 1 aromatic rings. The lowest BCUT2D eigenvalue weighted by molar-refractivity contribution is 1.03. The third-order valence-electron chi connectivity index (χ3n) is 1.54. The summed E-state index contributed by atoms with van der Waals surface area (Å²) in [5.41, 5.74) is 0. The van der Waals surface area contributed by atoms with Crippen molar-refractivity contribution in [2.75, 3.05) is 6.54 Å². The van der Waals surface area contributed by atoms with Crippen molar-refractivity contribution in [3.05, 3.63) is 16.5 Å². The van der Waals surface area contributed by atoms with Gasteiger partial charge in [-0.25, -0.2) is 4.98 Å².